The van der Waals surface area contributed by atoms with Crippen LogP contribution in [-0.2, 0) is 52.7 Å². The van der Waals surface area contributed by atoms with E-state index in [0.29, 0.717) is 19.5 Å². The summed E-state index contributed by atoms with van der Waals surface area (Å²) in [5.74, 6) is -8.25. The molecule has 1 heterocycles. The van der Waals surface area contributed by atoms with Crippen LogP contribution in [0.1, 0.15) is 182 Å². The quantitative estimate of drug-likeness (QED) is 0.0398. The van der Waals surface area contributed by atoms with Gasteiger partial charge in [-0.1, -0.05) is 88.7 Å². The Morgan fingerprint density at radius 2 is 1.15 bits per heavy atom. The Bertz CT molecular complexity index is 2340. The fourth-order valence-corrected chi connectivity index (χ4v) is 9.77. The number of amides is 10. The van der Waals surface area contributed by atoms with Gasteiger partial charge in [-0.2, -0.15) is 0 Å². The van der Waals surface area contributed by atoms with Crippen LogP contribution in [0.2, 0.25) is 0 Å². The Hall–Kier alpha value is -6.01. The Balaban J connectivity index is 3.44. The molecule has 0 spiro atoms. The highest BCUT2D eigenvalue weighted by atomic mass is 16.3. The molecule has 0 aromatic heterocycles. The number of likely N-dealkylation sites (N-methyl/N-ethyl adjacent to an activating group) is 1. The van der Waals surface area contributed by atoms with E-state index in [4.69, 9.17) is 0 Å². The van der Waals surface area contributed by atoms with E-state index in [-0.39, 0.29) is 98.8 Å². The summed E-state index contributed by atoms with van der Waals surface area (Å²) in [6.45, 7) is 31.1. The van der Waals surface area contributed by atoms with Crippen molar-refractivity contribution >= 4 is 64.9 Å². The molecule has 1 saturated heterocycles. The van der Waals surface area contributed by atoms with Gasteiger partial charge in [0.2, 0.25) is 59.1 Å². The summed E-state index contributed by atoms with van der Waals surface area (Å²) in [5, 5.41) is 46.7. The summed E-state index contributed by atoms with van der Waals surface area (Å²) in [7, 11) is 3.77. The molecule has 0 bridgehead atoms. The first kappa shape index (κ1) is 78.0. The van der Waals surface area contributed by atoms with Crippen LogP contribution in [0.3, 0.4) is 0 Å². The summed E-state index contributed by atoms with van der Waals surface area (Å²) in [4.78, 5) is 154. The van der Waals surface area contributed by atoms with Crippen LogP contribution >= 0.6 is 0 Å². The molecule has 492 valence electrons. The van der Waals surface area contributed by atoms with Crippen LogP contribution in [0.25, 0.3) is 0 Å². The van der Waals surface area contributed by atoms with E-state index in [0.717, 1.165) is 6.42 Å². The van der Waals surface area contributed by atoms with E-state index in [2.05, 4.69) is 47.9 Å². The van der Waals surface area contributed by atoms with Crippen LogP contribution in [0.5, 0.6) is 0 Å². The van der Waals surface area contributed by atoms with E-state index in [1.807, 2.05) is 74.4 Å². The number of hydrogen-bond donors (Lipinski definition) is 11. The third kappa shape index (κ3) is 27.4. The molecule has 1 aliphatic rings. The average molecular weight is 1220 g/mol. The maximum absolute atomic E-state index is 14.6. The maximum atomic E-state index is 14.6. The lowest BCUT2D eigenvalue weighted by Gasteiger charge is -2.34. The first-order chi connectivity index (χ1) is 39.6. The number of ketones is 1. The second kappa shape index (κ2) is 35.7. The predicted molar refractivity (Wildman–Crippen MR) is 330 cm³/mol. The van der Waals surface area contributed by atoms with Crippen LogP contribution < -0.4 is 47.9 Å². The van der Waals surface area contributed by atoms with Crippen molar-refractivity contribution in [1.82, 2.24) is 57.7 Å². The van der Waals surface area contributed by atoms with Gasteiger partial charge >= 0.3 is 0 Å². The third-order valence-corrected chi connectivity index (χ3v) is 15.1. The molecule has 0 unspecified atom stereocenters. The highest BCUT2D eigenvalue weighted by Crippen LogP contribution is 2.25. The van der Waals surface area contributed by atoms with E-state index in [9.17, 15) is 63.0 Å². The van der Waals surface area contributed by atoms with Crippen LogP contribution in [0.4, 0.5) is 0 Å². The van der Waals surface area contributed by atoms with E-state index >= 15 is 0 Å². The molecule has 11 atom stereocenters. The number of carbonyl (C=O) groups is 11. The van der Waals surface area contributed by atoms with E-state index in [1.165, 1.54) is 52.5 Å². The minimum atomic E-state index is -1.82. The smallest absolute Gasteiger partial charge is 0.246 e. The fraction of sp³-hybridized carbons (Fsp3) is 0.790. The topological polar surface area (TPSA) is 343 Å². The number of hydrogen-bond acceptors (Lipinski definition) is 14. The van der Waals surface area contributed by atoms with Gasteiger partial charge in [-0.05, 0) is 136 Å². The van der Waals surface area contributed by atoms with Crippen LogP contribution in [0, 0.1) is 35.5 Å². The molecule has 1 aliphatic heterocycles. The summed E-state index contributed by atoms with van der Waals surface area (Å²) in [6, 6.07) is -6.61. The zero-order chi connectivity index (χ0) is 66.4. The number of carbonyl (C=O) groups excluding carboxylic acids is 11. The van der Waals surface area contributed by atoms with Gasteiger partial charge in [-0.15, -0.1) is 0 Å². The second-order valence-corrected chi connectivity index (χ2v) is 27.1. The molecule has 86 heavy (non-hydrogen) atoms. The van der Waals surface area contributed by atoms with Crippen molar-refractivity contribution in [1.29, 1.82) is 0 Å². The van der Waals surface area contributed by atoms with Crippen molar-refractivity contribution in [2.24, 2.45) is 35.5 Å². The van der Waals surface area contributed by atoms with E-state index in [1.54, 1.807) is 33.8 Å². The summed E-state index contributed by atoms with van der Waals surface area (Å²) < 4.78 is 0. The first-order valence-corrected chi connectivity index (χ1v) is 30.8. The van der Waals surface area contributed by atoms with Crippen molar-refractivity contribution in [3.8, 4) is 0 Å². The predicted octanol–water partition coefficient (Wildman–Crippen LogP) is 2.28. The monoisotopic (exact) mass is 1220 g/mol. The molecule has 1 fully saturated rings. The fourth-order valence-electron chi connectivity index (χ4n) is 9.77. The number of Topliss-reactive ketones (excluding diaryl/α,β-unsaturated/α-hetero) is 1. The van der Waals surface area contributed by atoms with Crippen molar-refractivity contribution < 1.29 is 63.0 Å². The van der Waals surface area contributed by atoms with Gasteiger partial charge < -0.3 is 67.9 Å². The molecule has 24 nitrogen and oxygen atoms in total. The highest BCUT2D eigenvalue weighted by Gasteiger charge is 2.43. The van der Waals surface area contributed by atoms with Gasteiger partial charge in [0, 0.05) is 44.9 Å². The molecular formula is C62H111N11O13. The lowest BCUT2D eigenvalue weighted by molar-refractivity contribution is -0.140. The standard InChI is InChI=1S/C62H111N11O13/c1-21-38(9)23-24-49(77)73-33-40(11)31-47(73)55(82)66-46(30-39(10)29-43(75)32-42(74)22-2)53(80)68-50(51(78)37(7)8)56(83)70-61(15,16)58(85)67-44(27-35(3)4)52(79)65-45(28-36(5)6)54(81)69-62(17,18)59(86)71-60(13,14)57(84)63-26-25-48(76)64-41(12)34-72(19)20/h23-24,35-41,43-47,50-51,75,78H,21-22,25-34H2,1-20H3,(H,63,84)(H,64,76)(H,65,79)(H,66,82)(H,67,85)(H,68,80)(H,69,81)(H,70,83)(H,71,86)/b24-23+/t38-,39+,40-,41-,43-,44-,45-,46-,47-,50-,51+/m0/s1. The molecule has 0 saturated carbocycles. The number of aliphatic hydroxyl groups excluding tert-OH is 2. The summed E-state index contributed by atoms with van der Waals surface area (Å²) in [5.41, 5.74) is -4.93. The molecule has 0 aromatic carbocycles. The largest absolute Gasteiger partial charge is 0.393 e. The Morgan fingerprint density at radius 1 is 0.628 bits per heavy atom. The van der Waals surface area contributed by atoms with Crippen molar-refractivity contribution in [2.45, 2.75) is 247 Å². The highest BCUT2D eigenvalue weighted by molar-refractivity contribution is 6.00. The number of likely N-dealkylation sites (tertiary alicyclic amines) is 1. The Kier molecular flexibility index (Phi) is 32.4. The molecule has 0 aliphatic carbocycles. The van der Waals surface area contributed by atoms with Crippen molar-refractivity contribution in [3.63, 3.8) is 0 Å². The summed E-state index contributed by atoms with van der Waals surface area (Å²) in [6.07, 6.45) is 2.07. The number of aliphatic hydroxyl groups is 2. The molecule has 11 N–H and O–H groups in total. The van der Waals surface area contributed by atoms with Crippen LogP contribution in [0.15, 0.2) is 12.2 Å². The maximum Gasteiger partial charge on any atom is 0.246 e. The van der Waals surface area contributed by atoms with Gasteiger partial charge in [0.1, 0.15) is 52.6 Å². The average Bonchev–Trinajstić information content (AvgIpc) is 3.94. The molecule has 0 aromatic rings. The number of nitrogens with zero attached hydrogens (tertiary/aromatic N) is 2. The van der Waals surface area contributed by atoms with E-state index < -0.39 is 118 Å². The normalized spacial score (nSPS) is 18.0. The second-order valence-electron chi connectivity index (χ2n) is 27.1. The third-order valence-electron chi connectivity index (χ3n) is 15.1. The van der Waals surface area contributed by atoms with Crippen molar-refractivity contribution in [3.05, 3.63) is 12.2 Å². The number of allylic oxidation sites excluding steroid dienone is 1. The first-order valence-electron chi connectivity index (χ1n) is 30.8. The molecule has 24 heteroatoms. The minimum absolute atomic E-state index is 0.00837. The molecule has 0 radical (unpaired) electrons. The minimum Gasteiger partial charge on any atom is -0.393 e. The zero-order valence-electron chi connectivity index (χ0n) is 55.5. The van der Waals surface area contributed by atoms with Gasteiger partial charge in [0.15, 0.2) is 0 Å². The molecular weight excluding hydrogens is 1110 g/mol. The SMILES string of the molecule is CCC(=O)C[C@@H](O)C[C@@H](C)C[C@H](NC(=O)[C@@H]1C[C@H](C)CN1C(=O)/C=C/[C@@H](C)CC)C(=O)N[C@H](C(=O)NC(C)(C)C(=O)N[C@@H](CC(C)C)C(=O)N[C@@H](CC(C)C)C(=O)NC(C)(C)C(=O)NC(C)(C)C(=O)NCCC(=O)N[C@@H](C)CN(C)C)[C@H](O)C(C)C. The summed E-state index contributed by atoms with van der Waals surface area (Å²) >= 11 is 0. The van der Waals surface area contributed by atoms with Gasteiger partial charge in [-0.25, -0.2) is 0 Å². The number of nitrogens with one attached hydrogen (secondary N) is 9. The molecule has 10 amide bonds. The van der Waals surface area contributed by atoms with Gasteiger partial charge in [0.25, 0.3) is 0 Å². The van der Waals surface area contributed by atoms with Gasteiger partial charge in [-0.3, -0.25) is 52.7 Å². The Morgan fingerprint density at radius 3 is 1.69 bits per heavy atom. The lowest BCUT2D eigenvalue weighted by Crippen LogP contribution is -2.66. The molecule has 1 rings (SSSR count). The van der Waals surface area contributed by atoms with Gasteiger partial charge in [0.05, 0.1) is 12.2 Å². The number of rotatable bonds is 37. The van der Waals surface area contributed by atoms with Crippen molar-refractivity contribution in [2.75, 3.05) is 33.7 Å². The lowest BCUT2D eigenvalue weighted by atomic mass is 9.92. The Labute approximate surface area is 512 Å². The van der Waals surface area contributed by atoms with Crippen LogP contribution in [-0.4, -0.2) is 184 Å². The zero-order valence-corrected chi connectivity index (χ0v) is 55.5.